The van der Waals surface area contributed by atoms with Crippen LogP contribution in [0.4, 0.5) is 5.69 Å². The third-order valence-electron chi connectivity index (χ3n) is 3.43. The van der Waals surface area contributed by atoms with E-state index in [0.717, 1.165) is 21.4 Å². The summed E-state index contributed by atoms with van der Waals surface area (Å²) in [6.07, 6.45) is 0. The molecule has 2 aromatic carbocycles. The van der Waals surface area contributed by atoms with Crippen molar-refractivity contribution in [1.29, 1.82) is 0 Å². The first-order chi connectivity index (χ1) is 10.1. The Hall–Kier alpha value is -2.27. The van der Waals surface area contributed by atoms with Crippen molar-refractivity contribution >= 4 is 21.6 Å². The van der Waals surface area contributed by atoms with Crippen LogP contribution >= 0.6 is 15.9 Å². The van der Waals surface area contributed by atoms with Crippen molar-refractivity contribution in [2.24, 2.45) is 7.05 Å². The van der Waals surface area contributed by atoms with Crippen molar-refractivity contribution in [2.45, 2.75) is 0 Å². The van der Waals surface area contributed by atoms with E-state index < -0.39 is 0 Å². The van der Waals surface area contributed by atoms with Gasteiger partial charge in [0.2, 0.25) is 0 Å². The first-order valence-corrected chi connectivity index (χ1v) is 7.28. The minimum Gasteiger partial charge on any atom is -0.392 e. The van der Waals surface area contributed by atoms with Crippen molar-refractivity contribution < 1.29 is 0 Å². The maximum atomic E-state index is 12.5. The highest BCUT2D eigenvalue weighted by Gasteiger charge is 2.18. The van der Waals surface area contributed by atoms with Gasteiger partial charge in [-0.05, 0) is 28.1 Å². The number of hydrogen-bond donors (Lipinski definition) is 1. The molecule has 0 aliphatic carbocycles. The van der Waals surface area contributed by atoms with Gasteiger partial charge in [-0.2, -0.15) is 0 Å². The molecule has 1 aromatic heterocycles. The van der Waals surface area contributed by atoms with Crippen LogP contribution in [0, 0.1) is 0 Å². The Kier molecular flexibility index (Phi) is 3.43. The van der Waals surface area contributed by atoms with Crippen molar-refractivity contribution in [3.63, 3.8) is 0 Å². The van der Waals surface area contributed by atoms with Gasteiger partial charge in [0.25, 0.3) is 5.56 Å². The molecule has 0 saturated carbocycles. The maximum Gasteiger partial charge on any atom is 0.295 e. The first kappa shape index (κ1) is 13.7. The van der Waals surface area contributed by atoms with Crippen LogP contribution in [0.3, 0.4) is 0 Å². The minimum atomic E-state index is -0.219. The highest BCUT2D eigenvalue weighted by Crippen LogP contribution is 2.26. The Morgan fingerprint density at radius 3 is 2.29 bits per heavy atom. The number of nitrogens with zero attached hydrogens (tertiary/aromatic N) is 2. The molecular formula is C16H14BrN3O. The molecule has 5 heteroatoms. The van der Waals surface area contributed by atoms with Crippen molar-refractivity contribution in [2.75, 3.05) is 5.73 Å². The summed E-state index contributed by atoms with van der Waals surface area (Å²) in [7, 11) is 1.83. The zero-order chi connectivity index (χ0) is 15.0. The van der Waals surface area contributed by atoms with Crippen LogP contribution in [0.5, 0.6) is 0 Å². The summed E-state index contributed by atoms with van der Waals surface area (Å²) in [6, 6.07) is 17.2. The average Bonchev–Trinajstić information content (AvgIpc) is 2.71. The molecule has 0 atom stereocenters. The third-order valence-corrected chi connectivity index (χ3v) is 4.10. The summed E-state index contributed by atoms with van der Waals surface area (Å²) in [5, 5.41) is 0. The molecule has 0 radical (unpaired) electrons. The Morgan fingerprint density at radius 1 is 1.00 bits per heavy atom. The van der Waals surface area contributed by atoms with Gasteiger partial charge in [-0.25, -0.2) is 4.68 Å². The van der Waals surface area contributed by atoms with E-state index in [1.54, 1.807) is 9.36 Å². The van der Waals surface area contributed by atoms with Gasteiger partial charge in [-0.3, -0.25) is 9.48 Å². The van der Waals surface area contributed by atoms with Gasteiger partial charge in [0.15, 0.2) is 0 Å². The maximum absolute atomic E-state index is 12.5. The number of anilines is 1. The molecule has 21 heavy (non-hydrogen) atoms. The van der Waals surface area contributed by atoms with E-state index in [4.69, 9.17) is 5.73 Å². The molecule has 1 heterocycles. The lowest BCUT2D eigenvalue weighted by molar-refractivity contribution is 0.650. The van der Waals surface area contributed by atoms with Gasteiger partial charge < -0.3 is 5.73 Å². The molecular weight excluding hydrogens is 330 g/mol. The molecule has 2 N–H and O–H groups in total. The summed E-state index contributed by atoms with van der Waals surface area (Å²) in [5.74, 6) is 0. The van der Waals surface area contributed by atoms with E-state index in [1.807, 2.05) is 61.6 Å². The second-order valence-electron chi connectivity index (χ2n) is 4.72. The van der Waals surface area contributed by atoms with E-state index in [2.05, 4.69) is 15.9 Å². The first-order valence-electron chi connectivity index (χ1n) is 6.49. The lowest BCUT2D eigenvalue weighted by atomic mass is 10.1. The summed E-state index contributed by atoms with van der Waals surface area (Å²) >= 11 is 3.48. The van der Waals surface area contributed by atoms with Crippen molar-refractivity contribution in [3.8, 4) is 16.9 Å². The van der Waals surface area contributed by atoms with Crippen LogP contribution in [0.1, 0.15) is 0 Å². The van der Waals surface area contributed by atoms with Crippen LogP contribution in [0.2, 0.25) is 0 Å². The van der Waals surface area contributed by atoms with Crippen LogP contribution in [-0.2, 0) is 7.05 Å². The fourth-order valence-electron chi connectivity index (χ4n) is 2.46. The lowest BCUT2D eigenvalue weighted by Crippen LogP contribution is -2.20. The molecule has 4 nitrogen and oxygen atoms in total. The van der Waals surface area contributed by atoms with Gasteiger partial charge in [0, 0.05) is 17.1 Å². The number of rotatable bonds is 2. The van der Waals surface area contributed by atoms with Gasteiger partial charge in [-0.15, -0.1) is 0 Å². The van der Waals surface area contributed by atoms with E-state index in [-0.39, 0.29) is 11.2 Å². The van der Waals surface area contributed by atoms with E-state index >= 15 is 0 Å². The SMILES string of the molecule is Cn1c(-c2ccccc2)c(N)c(=O)n1-c1ccccc1Br. The molecule has 106 valence electrons. The second kappa shape index (κ2) is 5.26. The van der Waals surface area contributed by atoms with Gasteiger partial charge in [0.1, 0.15) is 5.69 Å². The molecule has 0 spiro atoms. The van der Waals surface area contributed by atoms with Crippen LogP contribution in [0.25, 0.3) is 16.9 Å². The Morgan fingerprint density at radius 2 is 1.62 bits per heavy atom. The molecule has 0 aliphatic rings. The Balaban J connectivity index is 2.31. The summed E-state index contributed by atoms with van der Waals surface area (Å²) in [5.41, 5.74) is 8.48. The summed E-state index contributed by atoms with van der Waals surface area (Å²) < 4.78 is 4.20. The lowest BCUT2D eigenvalue weighted by Gasteiger charge is -2.11. The number of nitrogen functional groups attached to an aromatic ring is 1. The number of para-hydroxylation sites is 1. The van der Waals surface area contributed by atoms with E-state index in [9.17, 15) is 4.79 Å². The number of benzene rings is 2. The second-order valence-corrected chi connectivity index (χ2v) is 5.57. The number of aromatic nitrogens is 2. The number of halogens is 1. The largest absolute Gasteiger partial charge is 0.392 e. The fraction of sp³-hybridized carbons (Fsp3) is 0.0625. The topological polar surface area (TPSA) is 52.9 Å². The van der Waals surface area contributed by atoms with Gasteiger partial charge in [-0.1, -0.05) is 42.5 Å². The molecule has 0 aliphatic heterocycles. The fourth-order valence-corrected chi connectivity index (χ4v) is 2.91. The smallest absolute Gasteiger partial charge is 0.295 e. The standard InChI is InChI=1S/C16H14BrN3O/c1-19-15(11-7-3-2-4-8-11)14(18)16(21)20(19)13-10-6-5-9-12(13)17/h2-10H,18H2,1H3. The normalized spacial score (nSPS) is 10.8. The van der Waals surface area contributed by atoms with Crippen molar-refractivity contribution in [3.05, 3.63) is 69.4 Å². The highest BCUT2D eigenvalue weighted by atomic mass is 79.9. The Labute approximate surface area is 130 Å². The predicted octanol–water partition coefficient (Wildman–Crippen LogP) is 3.19. The summed E-state index contributed by atoms with van der Waals surface area (Å²) in [4.78, 5) is 12.5. The monoisotopic (exact) mass is 343 g/mol. The molecule has 0 fully saturated rings. The molecule has 3 rings (SSSR count). The molecule has 3 aromatic rings. The molecule has 0 amide bonds. The quantitative estimate of drug-likeness (QED) is 0.776. The van der Waals surface area contributed by atoms with Gasteiger partial charge >= 0.3 is 0 Å². The van der Waals surface area contributed by atoms with Gasteiger partial charge in [0.05, 0.1) is 11.4 Å². The number of nitrogens with two attached hydrogens (primary N) is 1. The van der Waals surface area contributed by atoms with Crippen LogP contribution in [-0.4, -0.2) is 9.36 Å². The van der Waals surface area contributed by atoms with E-state index in [1.165, 1.54) is 0 Å². The molecule has 0 bridgehead atoms. The third kappa shape index (κ3) is 2.19. The highest BCUT2D eigenvalue weighted by molar-refractivity contribution is 9.10. The minimum absolute atomic E-state index is 0.219. The molecule has 0 saturated heterocycles. The average molecular weight is 344 g/mol. The Bertz CT molecular complexity index is 850. The zero-order valence-corrected chi connectivity index (χ0v) is 13.0. The zero-order valence-electron chi connectivity index (χ0n) is 11.5. The van der Waals surface area contributed by atoms with Crippen LogP contribution < -0.4 is 11.3 Å². The van der Waals surface area contributed by atoms with Crippen molar-refractivity contribution in [1.82, 2.24) is 9.36 Å². The van der Waals surface area contributed by atoms with E-state index in [0.29, 0.717) is 0 Å². The van der Waals surface area contributed by atoms with Crippen LogP contribution in [0.15, 0.2) is 63.9 Å². The predicted molar refractivity (Wildman–Crippen MR) is 88.6 cm³/mol. The number of hydrogen-bond acceptors (Lipinski definition) is 2. The molecule has 0 unspecified atom stereocenters. The summed E-state index contributed by atoms with van der Waals surface area (Å²) in [6.45, 7) is 0.